The monoisotopic (exact) mass is 213 g/mol. The number of methoxy groups -OCH3 is 1. The second kappa shape index (κ2) is 4.15. The first-order valence-corrected chi connectivity index (χ1v) is 4.26. The highest BCUT2D eigenvalue weighted by atomic mass is 31.0. The minimum Gasteiger partial charge on any atom is -0.465 e. The Hall–Kier alpha value is -1.48. The van der Waals surface area contributed by atoms with E-state index in [2.05, 4.69) is 14.0 Å². The van der Waals surface area contributed by atoms with Crippen LogP contribution in [0, 0.1) is 10.1 Å². The molecule has 0 amide bonds. The molecule has 0 aliphatic rings. The summed E-state index contributed by atoms with van der Waals surface area (Å²) in [5.74, 6) is -0.707. The van der Waals surface area contributed by atoms with Crippen LogP contribution in [0.4, 0.5) is 5.69 Å². The van der Waals surface area contributed by atoms with Crippen LogP contribution in [-0.2, 0) is 4.74 Å². The summed E-state index contributed by atoms with van der Waals surface area (Å²) in [5, 5.41) is 11.2. The molecule has 6 heteroatoms. The van der Waals surface area contributed by atoms with Gasteiger partial charge in [0.2, 0.25) is 0 Å². The largest absolute Gasteiger partial charge is 0.465 e. The average molecular weight is 213 g/mol. The lowest BCUT2D eigenvalue weighted by molar-refractivity contribution is -0.385. The number of ether oxygens (including phenoxy) is 1. The van der Waals surface area contributed by atoms with Gasteiger partial charge in [0.15, 0.2) is 0 Å². The first kappa shape index (κ1) is 10.6. The van der Waals surface area contributed by atoms with E-state index in [9.17, 15) is 14.9 Å². The molecule has 0 radical (unpaired) electrons. The van der Waals surface area contributed by atoms with Gasteiger partial charge in [0.25, 0.3) is 5.69 Å². The van der Waals surface area contributed by atoms with Gasteiger partial charge >= 0.3 is 5.97 Å². The molecule has 0 saturated heterocycles. The first-order chi connectivity index (χ1) is 6.56. The highest BCUT2D eigenvalue weighted by Gasteiger charge is 2.20. The third kappa shape index (κ3) is 2.06. The Balaban J connectivity index is 3.29. The van der Waals surface area contributed by atoms with Crippen LogP contribution in [0.1, 0.15) is 10.4 Å². The Kier molecular flexibility index (Phi) is 3.14. The summed E-state index contributed by atoms with van der Waals surface area (Å²) >= 11 is 0. The van der Waals surface area contributed by atoms with Crippen LogP contribution in [0.3, 0.4) is 0 Å². The van der Waals surface area contributed by atoms with Gasteiger partial charge in [0.05, 0.1) is 12.0 Å². The van der Waals surface area contributed by atoms with E-state index < -0.39 is 10.9 Å². The fourth-order valence-electron chi connectivity index (χ4n) is 0.986. The molecule has 0 aliphatic heterocycles. The van der Waals surface area contributed by atoms with Crippen molar-refractivity contribution < 1.29 is 14.5 Å². The van der Waals surface area contributed by atoms with Crippen molar-refractivity contribution in [2.75, 3.05) is 7.11 Å². The smallest absolute Gasteiger partial charge is 0.344 e. The van der Waals surface area contributed by atoms with Crippen molar-refractivity contribution in [2.24, 2.45) is 0 Å². The number of hydrogen-bond acceptors (Lipinski definition) is 4. The number of esters is 1. The van der Waals surface area contributed by atoms with E-state index in [0.29, 0.717) is 5.30 Å². The molecule has 5 nitrogen and oxygen atoms in total. The van der Waals surface area contributed by atoms with Crippen molar-refractivity contribution in [2.45, 2.75) is 0 Å². The Bertz CT molecular complexity index is 391. The number of carbonyl (C=O) groups excluding carboxylic acids is 1. The second-order valence-corrected chi connectivity index (χ2v) is 3.19. The predicted molar refractivity (Wildman–Crippen MR) is 53.8 cm³/mol. The molecule has 0 aliphatic carbocycles. The number of carbonyl (C=O) groups is 1. The maximum absolute atomic E-state index is 11.2. The molecular weight excluding hydrogens is 205 g/mol. The van der Waals surface area contributed by atoms with E-state index in [1.54, 1.807) is 0 Å². The molecule has 0 heterocycles. The van der Waals surface area contributed by atoms with Crippen molar-refractivity contribution in [1.82, 2.24) is 0 Å². The molecule has 1 unspecified atom stereocenters. The topological polar surface area (TPSA) is 69.4 Å². The molecule has 0 spiro atoms. The fraction of sp³-hybridized carbons (Fsp3) is 0.125. The van der Waals surface area contributed by atoms with Crippen LogP contribution in [0.25, 0.3) is 0 Å². The number of rotatable bonds is 2. The van der Waals surface area contributed by atoms with Gasteiger partial charge in [-0.15, -0.1) is 9.24 Å². The molecule has 74 valence electrons. The third-order valence-corrected chi connectivity index (χ3v) is 1.98. The summed E-state index contributed by atoms with van der Waals surface area (Å²) in [6.45, 7) is 0. The van der Waals surface area contributed by atoms with E-state index >= 15 is 0 Å². The van der Waals surface area contributed by atoms with Gasteiger partial charge in [-0.2, -0.15) is 0 Å². The van der Waals surface area contributed by atoms with Crippen molar-refractivity contribution in [3.63, 3.8) is 0 Å². The molecule has 0 fully saturated rings. The zero-order valence-electron chi connectivity index (χ0n) is 7.39. The summed E-state index contributed by atoms with van der Waals surface area (Å²) < 4.78 is 4.43. The first-order valence-electron chi connectivity index (χ1n) is 3.68. The number of benzene rings is 1. The highest BCUT2D eigenvalue weighted by molar-refractivity contribution is 7.27. The van der Waals surface area contributed by atoms with Crippen molar-refractivity contribution in [1.29, 1.82) is 0 Å². The SMILES string of the molecule is COC(=O)c1cc(P)ccc1[N+](=O)[O-]. The zero-order chi connectivity index (χ0) is 10.7. The third-order valence-electron chi connectivity index (χ3n) is 1.62. The number of nitro groups is 1. The lowest BCUT2D eigenvalue weighted by Crippen LogP contribution is -2.08. The minimum absolute atomic E-state index is 0.0370. The van der Waals surface area contributed by atoms with Crippen LogP contribution < -0.4 is 5.30 Å². The van der Waals surface area contributed by atoms with Crippen molar-refractivity contribution in [3.05, 3.63) is 33.9 Å². The van der Waals surface area contributed by atoms with Gasteiger partial charge in [-0.25, -0.2) is 4.79 Å². The molecular formula is C8H8NO4P. The lowest BCUT2D eigenvalue weighted by Gasteiger charge is -2.01. The summed E-state index contributed by atoms with van der Waals surface area (Å²) in [6.07, 6.45) is 0. The van der Waals surface area contributed by atoms with Gasteiger partial charge in [0.1, 0.15) is 5.56 Å². The van der Waals surface area contributed by atoms with Crippen LogP contribution in [0.2, 0.25) is 0 Å². The summed E-state index contributed by atoms with van der Waals surface area (Å²) in [6, 6.07) is 4.21. The number of hydrogen-bond donors (Lipinski definition) is 0. The molecule has 14 heavy (non-hydrogen) atoms. The number of nitro benzene ring substituents is 1. The van der Waals surface area contributed by atoms with Crippen LogP contribution >= 0.6 is 9.24 Å². The normalized spacial score (nSPS) is 9.57. The molecule has 1 aromatic rings. The zero-order valence-corrected chi connectivity index (χ0v) is 8.54. The van der Waals surface area contributed by atoms with E-state index in [0.717, 1.165) is 0 Å². The standard InChI is InChI=1S/C8H8NO4P/c1-13-8(10)6-4-5(14)2-3-7(6)9(11)12/h2-4H,14H2,1H3. The van der Waals surface area contributed by atoms with E-state index in [4.69, 9.17) is 0 Å². The lowest BCUT2D eigenvalue weighted by atomic mass is 10.2. The summed E-state index contributed by atoms with van der Waals surface area (Å²) in [4.78, 5) is 21.1. The van der Waals surface area contributed by atoms with E-state index in [-0.39, 0.29) is 11.3 Å². The van der Waals surface area contributed by atoms with Gasteiger partial charge < -0.3 is 4.74 Å². The van der Waals surface area contributed by atoms with Crippen LogP contribution in [0.5, 0.6) is 0 Å². The Morgan fingerprint density at radius 1 is 1.57 bits per heavy atom. The van der Waals surface area contributed by atoms with Crippen LogP contribution in [0.15, 0.2) is 18.2 Å². The molecule has 0 bridgehead atoms. The number of nitrogens with zero attached hydrogens (tertiary/aromatic N) is 1. The van der Waals surface area contributed by atoms with Crippen LogP contribution in [-0.4, -0.2) is 18.0 Å². The Morgan fingerprint density at radius 3 is 2.71 bits per heavy atom. The Labute approximate surface area is 82.4 Å². The molecule has 1 atom stereocenters. The minimum atomic E-state index is -0.707. The maximum atomic E-state index is 11.2. The molecule has 1 aromatic carbocycles. The Morgan fingerprint density at radius 2 is 2.21 bits per heavy atom. The molecule has 0 saturated carbocycles. The molecule has 0 N–H and O–H groups in total. The predicted octanol–water partition coefficient (Wildman–Crippen LogP) is 0.882. The molecule has 1 rings (SSSR count). The second-order valence-electron chi connectivity index (χ2n) is 2.53. The van der Waals surface area contributed by atoms with Crippen molar-refractivity contribution in [3.8, 4) is 0 Å². The van der Waals surface area contributed by atoms with Gasteiger partial charge in [-0.1, -0.05) is 0 Å². The summed E-state index contributed by atoms with van der Waals surface area (Å²) in [7, 11) is 3.54. The van der Waals surface area contributed by atoms with Gasteiger partial charge in [0, 0.05) is 6.07 Å². The van der Waals surface area contributed by atoms with Crippen molar-refractivity contribution >= 4 is 26.2 Å². The quantitative estimate of drug-likeness (QED) is 0.316. The molecule has 0 aromatic heterocycles. The van der Waals surface area contributed by atoms with E-state index in [1.165, 1.54) is 25.3 Å². The van der Waals surface area contributed by atoms with E-state index in [1.807, 2.05) is 0 Å². The fourth-order valence-corrected chi connectivity index (χ4v) is 1.25. The summed E-state index contributed by atoms with van der Waals surface area (Å²) in [5.41, 5.74) is -0.284. The van der Waals surface area contributed by atoms with Gasteiger partial charge in [-0.05, 0) is 17.4 Å². The maximum Gasteiger partial charge on any atom is 0.344 e. The average Bonchev–Trinajstić information content (AvgIpc) is 2.16. The van der Waals surface area contributed by atoms with Gasteiger partial charge in [-0.3, -0.25) is 10.1 Å². The highest BCUT2D eigenvalue weighted by Crippen LogP contribution is 2.18.